The number of fused-ring (bicyclic) bond motifs is 1. The fraction of sp³-hybridized carbons (Fsp3) is 0.167. The van der Waals surface area contributed by atoms with Crippen LogP contribution < -0.4 is 20.3 Å². The van der Waals surface area contributed by atoms with Crippen molar-refractivity contribution in [2.75, 3.05) is 11.9 Å². The first-order valence-electron chi connectivity index (χ1n) is 8.09. The first-order chi connectivity index (χ1) is 12.7. The lowest BCUT2D eigenvalue weighted by atomic mass is 10.2. The number of ether oxygens (including phenoxy) is 2. The summed E-state index contributed by atoms with van der Waals surface area (Å²) in [5.74, 6) is 0.940. The number of H-pyrrole nitrogens is 1. The molecule has 0 saturated heterocycles. The number of carbonyl (C=O) groups is 1. The number of aromatic nitrogens is 3. The smallest absolute Gasteiger partial charge is 0.261 e. The number of para-hydroxylation sites is 2. The van der Waals surface area contributed by atoms with Crippen LogP contribution in [0.2, 0.25) is 0 Å². The molecule has 0 spiro atoms. The molecule has 2 aromatic heterocycles. The molecule has 1 amide bonds. The van der Waals surface area contributed by atoms with Gasteiger partial charge >= 0.3 is 0 Å². The number of carbonyl (C=O) groups excluding carboxylic acids is 1. The van der Waals surface area contributed by atoms with E-state index < -0.39 is 11.5 Å². The molecule has 1 aliphatic rings. The number of anilines is 1. The van der Waals surface area contributed by atoms with Crippen LogP contribution in [-0.4, -0.2) is 33.4 Å². The highest BCUT2D eigenvalue weighted by atomic mass is 16.6. The molecule has 1 aromatic carbocycles. The van der Waals surface area contributed by atoms with Gasteiger partial charge in [0.1, 0.15) is 12.2 Å². The molecule has 3 heterocycles. The van der Waals surface area contributed by atoms with Crippen molar-refractivity contribution in [3.8, 4) is 11.5 Å². The number of amides is 1. The number of pyridine rings is 1. The minimum Gasteiger partial charge on any atom is -0.486 e. The van der Waals surface area contributed by atoms with E-state index in [2.05, 4.69) is 15.4 Å². The first kappa shape index (κ1) is 15.9. The summed E-state index contributed by atoms with van der Waals surface area (Å²) in [7, 11) is 0. The second kappa shape index (κ2) is 6.75. The first-order valence-corrected chi connectivity index (χ1v) is 8.09. The summed E-state index contributed by atoms with van der Waals surface area (Å²) in [4.78, 5) is 26.3. The summed E-state index contributed by atoms with van der Waals surface area (Å²) in [6.45, 7) is 0.883. The molecule has 132 valence electrons. The van der Waals surface area contributed by atoms with Gasteiger partial charge in [-0.1, -0.05) is 12.1 Å². The standard InChI is InChI=1S/C18H16N4O4/c23-17-14(4-3-7-19-17)18(24)21-12-8-20-22(9-12)10-13-11-25-15-5-1-2-6-16(15)26-13/h1-9,13H,10-11H2,(H,19,23)(H,21,24). The Bertz CT molecular complexity index is 994. The Balaban J connectivity index is 1.40. The second-order valence-corrected chi connectivity index (χ2v) is 5.82. The van der Waals surface area contributed by atoms with E-state index in [4.69, 9.17) is 9.47 Å². The minimum absolute atomic E-state index is 0.0425. The second-order valence-electron chi connectivity index (χ2n) is 5.82. The van der Waals surface area contributed by atoms with Gasteiger partial charge in [-0.05, 0) is 24.3 Å². The van der Waals surface area contributed by atoms with Crippen LogP contribution >= 0.6 is 0 Å². The lowest BCUT2D eigenvalue weighted by Gasteiger charge is -2.26. The van der Waals surface area contributed by atoms with E-state index in [0.29, 0.717) is 24.6 Å². The number of nitrogens with one attached hydrogen (secondary N) is 2. The zero-order chi connectivity index (χ0) is 17.9. The highest BCUT2D eigenvalue weighted by molar-refractivity contribution is 6.03. The van der Waals surface area contributed by atoms with Crippen molar-refractivity contribution in [1.29, 1.82) is 0 Å². The van der Waals surface area contributed by atoms with E-state index in [1.807, 2.05) is 24.3 Å². The van der Waals surface area contributed by atoms with Gasteiger partial charge in [0.25, 0.3) is 11.5 Å². The summed E-state index contributed by atoms with van der Waals surface area (Å²) in [5.41, 5.74) is 0.0973. The molecule has 2 N–H and O–H groups in total. The SMILES string of the molecule is O=C(Nc1cnn(CC2COc3ccccc3O2)c1)c1ccc[nH]c1=O. The Labute approximate surface area is 148 Å². The Kier molecular flexibility index (Phi) is 4.14. The topological polar surface area (TPSA) is 98.2 Å². The molecule has 8 nitrogen and oxygen atoms in total. The van der Waals surface area contributed by atoms with Crippen molar-refractivity contribution in [3.05, 3.63) is 70.9 Å². The molecule has 0 aliphatic carbocycles. The zero-order valence-electron chi connectivity index (χ0n) is 13.7. The summed E-state index contributed by atoms with van der Waals surface area (Å²) in [6.07, 6.45) is 4.48. The van der Waals surface area contributed by atoms with Gasteiger partial charge in [0.15, 0.2) is 17.6 Å². The van der Waals surface area contributed by atoms with E-state index in [1.54, 1.807) is 16.9 Å². The van der Waals surface area contributed by atoms with E-state index in [9.17, 15) is 9.59 Å². The Hall–Kier alpha value is -3.55. The number of hydrogen-bond acceptors (Lipinski definition) is 5. The molecular weight excluding hydrogens is 336 g/mol. The van der Waals surface area contributed by atoms with Gasteiger partial charge in [0.2, 0.25) is 0 Å². The van der Waals surface area contributed by atoms with Gasteiger partial charge in [-0.15, -0.1) is 0 Å². The normalized spacial score (nSPS) is 15.5. The lowest BCUT2D eigenvalue weighted by molar-refractivity contribution is 0.0759. The van der Waals surface area contributed by atoms with Crippen LogP contribution in [0, 0.1) is 0 Å². The number of rotatable bonds is 4. The monoisotopic (exact) mass is 352 g/mol. The van der Waals surface area contributed by atoms with Crippen LogP contribution in [0.25, 0.3) is 0 Å². The maximum atomic E-state index is 12.2. The zero-order valence-corrected chi connectivity index (χ0v) is 13.7. The van der Waals surface area contributed by atoms with Crippen molar-refractivity contribution < 1.29 is 14.3 Å². The van der Waals surface area contributed by atoms with Crippen LogP contribution in [0.1, 0.15) is 10.4 Å². The molecule has 0 bridgehead atoms. The molecule has 0 radical (unpaired) electrons. The Morgan fingerprint density at radius 2 is 2.12 bits per heavy atom. The molecular formula is C18H16N4O4. The third-order valence-corrected chi connectivity index (χ3v) is 3.91. The van der Waals surface area contributed by atoms with Crippen molar-refractivity contribution in [1.82, 2.24) is 14.8 Å². The maximum absolute atomic E-state index is 12.2. The fourth-order valence-electron chi connectivity index (χ4n) is 2.69. The fourth-order valence-corrected chi connectivity index (χ4v) is 2.69. The molecule has 8 heteroatoms. The van der Waals surface area contributed by atoms with E-state index in [1.165, 1.54) is 18.5 Å². The predicted octanol–water partition coefficient (Wildman–Crippen LogP) is 1.66. The van der Waals surface area contributed by atoms with Gasteiger partial charge < -0.3 is 19.8 Å². The predicted molar refractivity (Wildman–Crippen MR) is 93.6 cm³/mol. The molecule has 26 heavy (non-hydrogen) atoms. The lowest BCUT2D eigenvalue weighted by Crippen LogP contribution is -2.33. The quantitative estimate of drug-likeness (QED) is 0.744. The number of aromatic amines is 1. The molecule has 1 unspecified atom stereocenters. The van der Waals surface area contributed by atoms with Gasteiger partial charge in [-0.25, -0.2) is 0 Å². The average molecular weight is 352 g/mol. The maximum Gasteiger partial charge on any atom is 0.261 e. The third-order valence-electron chi connectivity index (χ3n) is 3.91. The van der Waals surface area contributed by atoms with Gasteiger partial charge in [-0.2, -0.15) is 5.10 Å². The number of nitrogens with zero attached hydrogens (tertiary/aromatic N) is 2. The van der Waals surface area contributed by atoms with Gasteiger partial charge in [0.05, 0.1) is 18.4 Å². The van der Waals surface area contributed by atoms with Crippen LogP contribution in [0.3, 0.4) is 0 Å². The molecule has 0 fully saturated rings. The summed E-state index contributed by atoms with van der Waals surface area (Å²) in [5, 5.41) is 6.87. The Morgan fingerprint density at radius 1 is 1.27 bits per heavy atom. The van der Waals surface area contributed by atoms with Crippen molar-refractivity contribution in [2.45, 2.75) is 12.6 Å². The summed E-state index contributed by atoms with van der Waals surface area (Å²) in [6, 6.07) is 10.5. The van der Waals surface area contributed by atoms with Crippen LogP contribution in [-0.2, 0) is 6.54 Å². The summed E-state index contributed by atoms with van der Waals surface area (Å²) >= 11 is 0. The van der Waals surface area contributed by atoms with Crippen LogP contribution in [0.5, 0.6) is 11.5 Å². The Morgan fingerprint density at radius 3 is 2.96 bits per heavy atom. The van der Waals surface area contributed by atoms with Crippen LogP contribution in [0.15, 0.2) is 59.8 Å². The highest BCUT2D eigenvalue weighted by Gasteiger charge is 2.21. The minimum atomic E-state index is -0.488. The van der Waals surface area contributed by atoms with E-state index in [0.717, 1.165) is 5.75 Å². The molecule has 1 atom stereocenters. The molecule has 1 aliphatic heterocycles. The summed E-state index contributed by atoms with van der Waals surface area (Å²) < 4.78 is 13.2. The number of benzene rings is 1. The van der Waals surface area contributed by atoms with Crippen molar-refractivity contribution in [2.24, 2.45) is 0 Å². The molecule has 0 saturated carbocycles. The average Bonchev–Trinajstić information content (AvgIpc) is 3.08. The third kappa shape index (κ3) is 3.30. The van der Waals surface area contributed by atoms with Crippen LogP contribution in [0.4, 0.5) is 5.69 Å². The van der Waals surface area contributed by atoms with Crippen molar-refractivity contribution in [3.63, 3.8) is 0 Å². The number of hydrogen-bond donors (Lipinski definition) is 2. The van der Waals surface area contributed by atoms with E-state index in [-0.39, 0.29) is 11.7 Å². The van der Waals surface area contributed by atoms with Gasteiger partial charge in [0, 0.05) is 12.4 Å². The molecule has 3 aromatic rings. The van der Waals surface area contributed by atoms with E-state index >= 15 is 0 Å². The largest absolute Gasteiger partial charge is 0.486 e. The highest BCUT2D eigenvalue weighted by Crippen LogP contribution is 2.31. The van der Waals surface area contributed by atoms with Gasteiger partial charge in [-0.3, -0.25) is 14.3 Å². The van der Waals surface area contributed by atoms with Crippen molar-refractivity contribution >= 4 is 11.6 Å². The molecule has 4 rings (SSSR count).